The molecule has 0 aliphatic rings. The Morgan fingerprint density at radius 1 is 1.00 bits per heavy atom. The molecule has 0 aromatic carbocycles. The van der Waals surface area contributed by atoms with Crippen LogP contribution in [0.15, 0.2) is 0 Å². The van der Waals surface area contributed by atoms with Gasteiger partial charge in [-0.15, -0.1) is 0 Å². The van der Waals surface area contributed by atoms with Crippen molar-refractivity contribution < 1.29 is 34.1 Å². The van der Waals surface area contributed by atoms with E-state index in [1.807, 2.05) is 0 Å². The number of unbranched alkanes of at least 4 members (excludes halogenated alkanes) is 1. The zero-order valence-electron chi connectivity index (χ0n) is 16.1. The lowest BCUT2D eigenvalue weighted by molar-refractivity contribution is -0.139. The molecule has 0 rings (SSSR count). The fraction of sp³-hybridized carbons (Fsp3) is 0.750. The van der Waals surface area contributed by atoms with Gasteiger partial charge in [0.25, 0.3) is 0 Å². The smallest absolute Gasteiger partial charge is 0.326 e. The van der Waals surface area contributed by atoms with Crippen LogP contribution in [0.5, 0.6) is 0 Å². The largest absolute Gasteiger partial charge is 0.786 e. The van der Waals surface area contributed by atoms with Crippen LogP contribution in [0.2, 0.25) is 0 Å². The van der Waals surface area contributed by atoms with Crippen molar-refractivity contribution in [2.75, 3.05) is 26.3 Å². The molecular weight excluding hydrogens is 390 g/mol. The first-order valence-electron chi connectivity index (χ1n) is 9.24. The summed E-state index contributed by atoms with van der Waals surface area (Å²) < 4.78 is 5.09. The zero-order chi connectivity index (χ0) is 22.1. The fourth-order valence-electron chi connectivity index (χ4n) is 2.18. The molecule has 0 radical (unpaired) electrons. The number of hydrogen-bond donors (Lipinski definition) is 7. The molecule has 0 aromatic heterocycles. The quantitative estimate of drug-likeness (QED) is 0.0835. The normalized spacial score (nSPS) is 12.6. The van der Waals surface area contributed by atoms with Gasteiger partial charge in [-0.05, 0) is 25.7 Å². The van der Waals surface area contributed by atoms with Gasteiger partial charge in [0.2, 0.25) is 5.91 Å². The number of nitrogens with two attached hydrogens (primary N) is 1. The Labute approximate surface area is 168 Å². The van der Waals surface area contributed by atoms with Crippen molar-refractivity contribution in [1.29, 1.82) is 0 Å². The van der Waals surface area contributed by atoms with Crippen LogP contribution in [0, 0.1) is 5.21 Å². The molecule has 0 aliphatic heterocycles. The predicted octanol–water partition coefficient (Wildman–Crippen LogP) is -1.33. The summed E-state index contributed by atoms with van der Waals surface area (Å²) in [6.45, 7) is 1.39. The number of ether oxygens (including phenoxy) is 1. The first-order chi connectivity index (χ1) is 13.8. The monoisotopic (exact) mass is 420 g/mol. The number of urea groups is 1. The van der Waals surface area contributed by atoms with Gasteiger partial charge in [0.05, 0.1) is 19.4 Å². The second kappa shape index (κ2) is 16.5. The summed E-state index contributed by atoms with van der Waals surface area (Å²) in [6.07, 6.45) is -0.396. The SMILES string of the molecule is NCCOCCC(=O)NCCCC[C@H](NC(=O)N[C@@H](CCC(=O)O)N[O-])C(=O)O. The highest BCUT2D eigenvalue weighted by atomic mass is 16.5. The molecule has 0 saturated heterocycles. The second-order valence-electron chi connectivity index (χ2n) is 6.11. The van der Waals surface area contributed by atoms with Gasteiger partial charge in [0.1, 0.15) is 6.04 Å². The molecular formula is C16H30N5O8-. The molecule has 3 amide bonds. The number of carboxylic acids is 2. The van der Waals surface area contributed by atoms with Crippen molar-refractivity contribution in [3.8, 4) is 0 Å². The van der Waals surface area contributed by atoms with Gasteiger partial charge in [0.15, 0.2) is 0 Å². The molecule has 0 spiro atoms. The number of aliphatic carboxylic acids is 2. The molecule has 0 unspecified atom stereocenters. The van der Waals surface area contributed by atoms with E-state index in [1.54, 1.807) is 0 Å². The van der Waals surface area contributed by atoms with Crippen molar-refractivity contribution in [3.05, 3.63) is 5.21 Å². The summed E-state index contributed by atoms with van der Waals surface area (Å²) in [4.78, 5) is 45.1. The highest BCUT2D eigenvalue weighted by Gasteiger charge is 2.20. The fourth-order valence-corrected chi connectivity index (χ4v) is 2.18. The number of hydroxylamine groups is 1. The van der Waals surface area contributed by atoms with Crippen LogP contribution in [0.25, 0.3) is 0 Å². The minimum absolute atomic E-state index is 0.114. The maximum atomic E-state index is 11.8. The van der Waals surface area contributed by atoms with Gasteiger partial charge in [-0.25, -0.2) is 9.59 Å². The minimum atomic E-state index is -1.25. The van der Waals surface area contributed by atoms with Gasteiger partial charge in [0, 0.05) is 25.9 Å². The molecule has 168 valence electrons. The maximum absolute atomic E-state index is 11.8. The zero-order valence-corrected chi connectivity index (χ0v) is 16.1. The Bertz CT molecular complexity index is 520. The van der Waals surface area contributed by atoms with Gasteiger partial charge in [-0.2, -0.15) is 0 Å². The van der Waals surface area contributed by atoms with E-state index in [0.717, 1.165) is 0 Å². The molecule has 13 nitrogen and oxygen atoms in total. The molecule has 29 heavy (non-hydrogen) atoms. The van der Waals surface area contributed by atoms with Crippen LogP contribution in [-0.2, 0) is 19.1 Å². The summed E-state index contributed by atoms with van der Waals surface area (Å²) >= 11 is 0. The standard InChI is InChI=1S/C16H30N5O8/c17-7-10-29-9-6-13(22)18-8-2-1-3-11(15(25)26)19-16(27)20-12(21-28)4-5-14(23)24/h11-12,21H,1-10,17H2,(H,18,22)(H,23,24)(H,25,26)(H2,19,20,27)/q-1/t11-,12+/m0/s1. The van der Waals surface area contributed by atoms with E-state index >= 15 is 0 Å². The number of carboxylic acid groups (broad SMARTS) is 2. The third kappa shape index (κ3) is 15.2. The molecule has 0 heterocycles. The van der Waals surface area contributed by atoms with E-state index in [1.165, 1.54) is 5.48 Å². The van der Waals surface area contributed by atoms with Crippen LogP contribution in [0.1, 0.15) is 38.5 Å². The Kier molecular flexibility index (Phi) is 15.1. The van der Waals surface area contributed by atoms with E-state index < -0.39 is 30.2 Å². The second-order valence-corrected chi connectivity index (χ2v) is 6.11. The molecule has 0 fully saturated rings. The first kappa shape index (κ1) is 26.5. The minimum Gasteiger partial charge on any atom is -0.786 e. The Balaban J connectivity index is 4.10. The summed E-state index contributed by atoms with van der Waals surface area (Å²) in [5.41, 5.74) is 6.75. The summed E-state index contributed by atoms with van der Waals surface area (Å²) in [5, 5.41) is 35.6. The molecule has 0 aliphatic carbocycles. The van der Waals surface area contributed by atoms with E-state index in [2.05, 4.69) is 16.0 Å². The Morgan fingerprint density at radius 3 is 2.31 bits per heavy atom. The van der Waals surface area contributed by atoms with Gasteiger partial charge >= 0.3 is 18.0 Å². The lowest BCUT2D eigenvalue weighted by Crippen LogP contribution is -2.52. The maximum Gasteiger partial charge on any atom is 0.326 e. The molecule has 8 N–H and O–H groups in total. The number of carbonyl (C=O) groups excluding carboxylic acids is 2. The van der Waals surface area contributed by atoms with Crippen molar-refractivity contribution >= 4 is 23.9 Å². The number of rotatable bonds is 17. The van der Waals surface area contributed by atoms with E-state index in [-0.39, 0.29) is 38.2 Å². The molecule has 2 atom stereocenters. The van der Waals surface area contributed by atoms with E-state index in [0.29, 0.717) is 32.5 Å². The molecule has 0 saturated carbocycles. The predicted molar refractivity (Wildman–Crippen MR) is 102 cm³/mol. The molecule has 13 heteroatoms. The van der Waals surface area contributed by atoms with Crippen molar-refractivity contribution in [2.24, 2.45) is 5.73 Å². The average Bonchev–Trinajstić information content (AvgIpc) is 2.66. The van der Waals surface area contributed by atoms with E-state index in [9.17, 15) is 29.5 Å². The van der Waals surface area contributed by atoms with Crippen LogP contribution in [0.3, 0.4) is 0 Å². The average molecular weight is 420 g/mol. The summed E-state index contributed by atoms with van der Waals surface area (Å²) in [5.74, 6) is -2.57. The van der Waals surface area contributed by atoms with Crippen LogP contribution in [-0.4, -0.2) is 72.6 Å². The van der Waals surface area contributed by atoms with Gasteiger partial charge in [-0.3, -0.25) is 9.59 Å². The highest BCUT2D eigenvalue weighted by Crippen LogP contribution is 2.02. The lowest BCUT2D eigenvalue weighted by atomic mass is 10.1. The number of nitrogens with one attached hydrogen (secondary N) is 4. The van der Waals surface area contributed by atoms with Crippen LogP contribution in [0.4, 0.5) is 4.79 Å². The number of amides is 3. The van der Waals surface area contributed by atoms with Crippen molar-refractivity contribution in [2.45, 2.75) is 50.7 Å². The highest BCUT2D eigenvalue weighted by molar-refractivity contribution is 5.82. The first-order valence-corrected chi connectivity index (χ1v) is 9.24. The van der Waals surface area contributed by atoms with Gasteiger partial charge in [-0.1, -0.05) is 0 Å². The van der Waals surface area contributed by atoms with Crippen molar-refractivity contribution in [3.63, 3.8) is 0 Å². The Morgan fingerprint density at radius 2 is 1.72 bits per heavy atom. The van der Waals surface area contributed by atoms with Crippen LogP contribution < -0.4 is 27.2 Å². The lowest BCUT2D eigenvalue weighted by Gasteiger charge is -2.24. The summed E-state index contributed by atoms with van der Waals surface area (Å²) in [6, 6.07) is -2.09. The molecule has 0 bridgehead atoms. The number of carbonyl (C=O) groups is 4. The third-order valence-electron chi connectivity index (χ3n) is 3.68. The number of hydrogen-bond acceptors (Lipinski definition) is 8. The summed E-state index contributed by atoms with van der Waals surface area (Å²) in [7, 11) is 0. The molecule has 0 aromatic rings. The van der Waals surface area contributed by atoms with Gasteiger partial charge < -0.3 is 47.3 Å². The topological polar surface area (TPSA) is 215 Å². The Hall–Kier alpha value is -2.48. The van der Waals surface area contributed by atoms with Crippen molar-refractivity contribution in [1.82, 2.24) is 21.4 Å². The van der Waals surface area contributed by atoms with Crippen LogP contribution >= 0.6 is 0 Å². The third-order valence-corrected chi connectivity index (χ3v) is 3.68. The van der Waals surface area contributed by atoms with E-state index in [4.69, 9.17) is 15.6 Å².